The third-order valence-corrected chi connectivity index (χ3v) is 7.33. The van der Waals surface area contributed by atoms with Crippen LogP contribution in [0.15, 0.2) is 59.5 Å². The Bertz CT molecular complexity index is 1450. The Balaban J connectivity index is 2.11. The van der Waals surface area contributed by atoms with Crippen LogP contribution < -0.4 is 23.8 Å². The van der Waals surface area contributed by atoms with E-state index in [4.69, 9.17) is 25.8 Å². The van der Waals surface area contributed by atoms with E-state index < -0.39 is 32.3 Å². The number of nitro benzene ring substituents is 1. The van der Waals surface area contributed by atoms with Gasteiger partial charge in [0.2, 0.25) is 5.91 Å². The van der Waals surface area contributed by atoms with Gasteiger partial charge in [0, 0.05) is 22.7 Å². The Morgan fingerprint density at radius 1 is 1.00 bits per heavy atom. The molecule has 1 N–H and O–H groups in total. The Labute approximate surface area is 218 Å². The molecule has 0 spiro atoms. The van der Waals surface area contributed by atoms with Gasteiger partial charge in [0.25, 0.3) is 15.7 Å². The first-order valence-corrected chi connectivity index (χ1v) is 12.5. The maximum Gasteiger partial charge on any atom is 0.273 e. The number of carbonyl (C=O) groups is 1. The van der Waals surface area contributed by atoms with Crippen molar-refractivity contribution >= 4 is 44.6 Å². The van der Waals surface area contributed by atoms with Gasteiger partial charge in [-0.15, -0.1) is 0 Å². The fourth-order valence-electron chi connectivity index (χ4n) is 3.46. The van der Waals surface area contributed by atoms with Crippen LogP contribution in [0.25, 0.3) is 0 Å². The number of carbonyl (C=O) groups excluding carboxylic acids is 1. The van der Waals surface area contributed by atoms with E-state index in [9.17, 15) is 23.3 Å². The van der Waals surface area contributed by atoms with Crippen molar-refractivity contribution in [1.82, 2.24) is 0 Å². The standard InChI is InChI=1S/C24H24ClN3O8S/c1-15-5-8-18(13-20(15)28(30)31)37(32,33)27(21-11-16(25)6-9-23(21)36-4)14-24(29)26-19-12-17(34-2)7-10-22(19)35-3/h5-13H,14H2,1-4H3,(H,26,29). The molecule has 196 valence electrons. The number of hydrogen-bond donors (Lipinski definition) is 1. The Morgan fingerprint density at radius 2 is 1.68 bits per heavy atom. The molecule has 3 aromatic rings. The van der Waals surface area contributed by atoms with Crippen LogP contribution in [0, 0.1) is 17.0 Å². The van der Waals surface area contributed by atoms with Crippen LogP contribution in [0.5, 0.6) is 17.2 Å². The number of nitrogens with one attached hydrogen (secondary N) is 1. The first-order valence-electron chi connectivity index (χ1n) is 10.6. The molecular formula is C24H24ClN3O8S. The molecule has 0 bridgehead atoms. The highest BCUT2D eigenvalue weighted by molar-refractivity contribution is 7.92. The average molecular weight is 550 g/mol. The molecule has 0 radical (unpaired) electrons. The van der Waals surface area contributed by atoms with Gasteiger partial charge in [-0.05, 0) is 43.3 Å². The summed E-state index contributed by atoms with van der Waals surface area (Å²) in [7, 11) is -0.325. The summed E-state index contributed by atoms with van der Waals surface area (Å²) in [6.07, 6.45) is 0. The van der Waals surface area contributed by atoms with Gasteiger partial charge in [0.15, 0.2) is 0 Å². The number of anilines is 2. The van der Waals surface area contributed by atoms with Crippen LogP contribution >= 0.6 is 11.6 Å². The maximum absolute atomic E-state index is 13.8. The number of nitro groups is 1. The van der Waals surface area contributed by atoms with E-state index in [0.717, 1.165) is 10.4 Å². The molecule has 0 saturated heterocycles. The highest BCUT2D eigenvalue weighted by atomic mass is 35.5. The summed E-state index contributed by atoms with van der Waals surface area (Å²) in [6.45, 7) is 0.766. The maximum atomic E-state index is 13.8. The van der Waals surface area contributed by atoms with Gasteiger partial charge in [-0.2, -0.15) is 0 Å². The van der Waals surface area contributed by atoms with E-state index >= 15 is 0 Å². The van der Waals surface area contributed by atoms with Crippen LogP contribution in [-0.4, -0.2) is 47.1 Å². The van der Waals surface area contributed by atoms with Crippen LogP contribution in [-0.2, 0) is 14.8 Å². The number of ether oxygens (including phenoxy) is 3. The van der Waals surface area contributed by atoms with Gasteiger partial charge in [-0.1, -0.05) is 17.7 Å². The molecule has 3 rings (SSSR count). The second kappa shape index (κ2) is 11.4. The van der Waals surface area contributed by atoms with E-state index in [1.165, 1.54) is 64.7 Å². The van der Waals surface area contributed by atoms with Gasteiger partial charge < -0.3 is 19.5 Å². The third kappa shape index (κ3) is 6.04. The number of benzene rings is 3. The molecule has 0 aromatic heterocycles. The zero-order chi connectivity index (χ0) is 27.3. The van der Waals surface area contributed by atoms with Crippen LogP contribution in [0.3, 0.4) is 0 Å². The molecule has 0 aliphatic rings. The molecule has 0 unspecified atom stereocenters. The number of amides is 1. The smallest absolute Gasteiger partial charge is 0.273 e. The summed E-state index contributed by atoms with van der Waals surface area (Å²) in [6, 6.07) is 12.5. The predicted octanol–water partition coefficient (Wildman–Crippen LogP) is 4.42. The van der Waals surface area contributed by atoms with Gasteiger partial charge in [0.1, 0.15) is 23.8 Å². The first kappa shape index (κ1) is 27.6. The molecule has 0 aliphatic heterocycles. The zero-order valence-corrected chi connectivity index (χ0v) is 21.9. The minimum absolute atomic E-state index is 0.0361. The lowest BCUT2D eigenvalue weighted by Crippen LogP contribution is -2.38. The summed E-state index contributed by atoms with van der Waals surface area (Å²) in [5, 5.41) is 14.3. The molecule has 0 aliphatic carbocycles. The van der Waals surface area contributed by atoms with E-state index in [0.29, 0.717) is 11.5 Å². The second-order valence-electron chi connectivity index (χ2n) is 7.65. The van der Waals surface area contributed by atoms with Crippen molar-refractivity contribution in [3.63, 3.8) is 0 Å². The van der Waals surface area contributed by atoms with Crippen molar-refractivity contribution in [2.45, 2.75) is 11.8 Å². The number of rotatable bonds is 10. The third-order valence-electron chi connectivity index (χ3n) is 5.34. The summed E-state index contributed by atoms with van der Waals surface area (Å²) in [4.78, 5) is 23.5. The summed E-state index contributed by atoms with van der Waals surface area (Å²) >= 11 is 6.14. The molecule has 11 nitrogen and oxygen atoms in total. The van der Waals surface area contributed by atoms with Gasteiger partial charge in [-0.25, -0.2) is 8.42 Å². The number of sulfonamides is 1. The van der Waals surface area contributed by atoms with Gasteiger partial charge >= 0.3 is 0 Å². The molecule has 0 heterocycles. The summed E-state index contributed by atoms with van der Waals surface area (Å²) in [5.74, 6) is 0.127. The number of halogens is 1. The average Bonchev–Trinajstić information content (AvgIpc) is 2.87. The van der Waals surface area contributed by atoms with Crippen LogP contribution in [0.1, 0.15) is 5.56 Å². The minimum atomic E-state index is -4.52. The molecule has 37 heavy (non-hydrogen) atoms. The molecule has 0 atom stereocenters. The number of hydrogen-bond acceptors (Lipinski definition) is 8. The first-order chi connectivity index (χ1) is 17.5. The number of methoxy groups -OCH3 is 3. The van der Waals surface area contributed by atoms with E-state index in [2.05, 4.69) is 5.32 Å². The van der Waals surface area contributed by atoms with E-state index in [1.807, 2.05) is 0 Å². The SMILES string of the molecule is COc1ccc(OC)c(NC(=O)CN(c2cc(Cl)ccc2OC)S(=O)(=O)c2ccc(C)c([N+](=O)[O-])c2)c1. The van der Waals surface area contributed by atoms with Crippen molar-refractivity contribution in [1.29, 1.82) is 0 Å². The second-order valence-corrected chi connectivity index (χ2v) is 9.95. The van der Waals surface area contributed by atoms with E-state index in [1.54, 1.807) is 12.1 Å². The summed E-state index contributed by atoms with van der Waals surface area (Å²) < 4.78 is 44.1. The molecule has 3 aromatic carbocycles. The molecular weight excluding hydrogens is 526 g/mol. The monoisotopic (exact) mass is 549 g/mol. The Morgan fingerprint density at radius 3 is 2.30 bits per heavy atom. The molecule has 1 amide bonds. The van der Waals surface area contributed by atoms with Crippen molar-refractivity contribution < 1.29 is 32.3 Å². The fourth-order valence-corrected chi connectivity index (χ4v) is 5.07. The number of nitrogens with zero attached hydrogens (tertiary/aromatic N) is 2. The van der Waals surface area contributed by atoms with Crippen LogP contribution in [0.2, 0.25) is 5.02 Å². The lowest BCUT2D eigenvalue weighted by Gasteiger charge is -2.26. The Hall–Kier alpha value is -4.03. The topological polar surface area (TPSA) is 137 Å². The normalized spacial score (nSPS) is 10.9. The van der Waals surface area contributed by atoms with Gasteiger partial charge in [-0.3, -0.25) is 19.2 Å². The molecule has 13 heteroatoms. The highest BCUT2D eigenvalue weighted by Crippen LogP contribution is 2.36. The Kier molecular flexibility index (Phi) is 8.46. The summed E-state index contributed by atoms with van der Waals surface area (Å²) in [5.41, 5.74) is 0.0996. The fraction of sp³-hybridized carbons (Fsp3) is 0.208. The minimum Gasteiger partial charge on any atom is -0.497 e. The largest absolute Gasteiger partial charge is 0.497 e. The van der Waals surface area contributed by atoms with Crippen molar-refractivity contribution in [3.8, 4) is 17.2 Å². The van der Waals surface area contributed by atoms with Crippen molar-refractivity contribution in [2.75, 3.05) is 37.5 Å². The van der Waals surface area contributed by atoms with Crippen LogP contribution in [0.4, 0.5) is 17.1 Å². The van der Waals surface area contributed by atoms with Crippen molar-refractivity contribution in [2.24, 2.45) is 0 Å². The number of aryl methyl sites for hydroxylation is 1. The zero-order valence-electron chi connectivity index (χ0n) is 20.3. The quantitative estimate of drug-likeness (QED) is 0.290. The van der Waals surface area contributed by atoms with E-state index in [-0.39, 0.29) is 33.4 Å². The lowest BCUT2D eigenvalue weighted by molar-refractivity contribution is -0.385. The van der Waals surface area contributed by atoms with Crippen molar-refractivity contribution in [3.05, 3.63) is 75.3 Å². The lowest BCUT2D eigenvalue weighted by atomic mass is 10.2. The predicted molar refractivity (Wildman–Crippen MR) is 139 cm³/mol. The van der Waals surface area contributed by atoms with Gasteiger partial charge in [0.05, 0.1) is 42.5 Å². The molecule has 0 saturated carbocycles. The molecule has 0 fully saturated rings. The highest BCUT2D eigenvalue weighted by Gasteiger charge is 2.31.